The van der Waals surface area contributed by atoms with E-state index in [1.165, 1.54) is 0 Å². The second-order valence-corrected chi connectivity index (χ2v) is 6.13. The Labute approximate surface area is 124 Å². The highest BCUT2D eigenvalue weighted by Gasteiger charge is 2.36. The van der Waals surface area contributed by atoms with Gasteiger partial charge >= 0.3 is 0 Å². The van der Waals surface area contributed by atoms with Crippen LogP contribution in [0.2, 0.25) is 0 Å². The van der Waals surface area contributed by atoms with E-state index in [0.29, 0.717) is 30.2 Å². The Morgan fingerprint density at radius 3 is 2.85 bits per heavy atom. The molecule has 0 saturated carbocycles. The van der Waals surface area contributed by atoms with Gasteiger partial charge in [0.15, 0.2) is 0 Å². The molecule has 0 aliphatic carbocycles. The lowest BCUT2D eigenvalue weighted by Crippen LogP contribution is -2.55. The van der Waals surface area contributed by atoms with Crippen molar-refractivity contribution in [3.63, 3.8) is 0 Å². The number of rotatable bonds is 2. The highest BCUT2D eigenvalue weighted by Crippen LogP contribution is 2.23. The fourth-order valence-corrected chi connectivity index (χ4v) is 2.63. The number of carbonyl (C=O) groups is 1. The minimum atomic E-state index is -0.392. The van der Waals surface area contributed by atoms with Crippen LogP contribution in [0.15, 0.2) is 6.07 Å². The van der Waals surface area contributed by atoms with E-state index < -0.39 is 5.60 Å². The first-order valence-corrected chi connectivity index (χ1v) is 7.20. The monoisotopic (exact) mass is 297 g/mol. The summed E-state index contributed by atoms with van der Waals surface area (Å²) in [6.07, 6.45) is -0.138. The molecule has 0 bridgehead atoms. The molecular formula is C14H20ClN3O2. The Bertz CT molecular complexity index is 519. The zero-order chi connectivity index (χ0) is 14.9. The van der Waals surface area contributed by atoms with Crippen molar-refractivity contribution >= 4 is 17.5 Å². The molecule has 1 saturated heterocycles. The van der Waals surface area contributed by atoms with Crippen LogP contribution in [0, 0.1) is 13.8 Å². The zero-order valence-corrected chi connectivity index (χ0v) is 13.1. The Hall–Kier alpha value is -1.20. The molecule has 110 valence electrons. The van der Waals surface area contributed by atoms with Crippen molar-refractivity contribution in [3.8, 4) is 0 Å². The summed E-state index contributed by atoms with van der Waals surface area (Å²) >= 11 is 5.89. The van der Waals surface area contributed by atoms with Crippen LogP contribution in [0.1, 0.15) is 35.6 Å². The first-order valence-electron chi connectivity index (χ1n) is 6.66. The van der Waals surface area contributed by atoms with Crippen molar-refractivity contribution in [2.24, 2.45) is 0 Å². The molecule has 1 aromatic heterocycles. The second-order valence-electron chi connectivity index (χ2n) is 5.82. The molecule has 1 atom stereocenters. The highest BCUT2D eigenvalue weighted by molar-refractivity contribution is 6.18. The van der Waals surface area contributed by atoms with Gasteiger partial charge in [-0.2, -0.15) is 10.2 Å². The van der Waals surface area contributed by atoms with Crippen LogP contribution < -0.4 is 0 Å². The quantitative estimate of drug-likeness (QED) is 0.783. The third kappa shape index (κ3) is 3.27. The topological polar surface area (TPSA) is 55.3 Å². The number of aryl methyl sites for hydroxylation is 2. The van der Waals surface area contributed by atoms with Gasteiger partial charge in [0.2, 0.25) is 0 Å². The van der Waals surface area contributed by atoms with Gasteiger partial charge in [0.25, 0.3) is 5.91 Å². The van der Waals surface area contributed by atoms with Crippen LogP contribution in [-0.4, -0.2) is 51.7 Å². The number of amides is 1. The minimum Gasteiger partial charge on any atom is -0.367 e. The number of ether oxygens (including phenoxy) is 1. The van der Waals surface area contributed by atoms with Crippen LogP contribution in [0.4, 0.5) is 0 Å². The molecule has 0 aromatic carbocycles. The molecular weight excluding hydrogens is 278 g/mol. The molecule has 0 radical (unpaired) electrons. The van der Waals surface area contributed by atoms with Crippen molar-refractivity contribution in [2.75, 3.05) is 19.0 Å². The van der Waals surface area contributed by atoms with E-state index in [1.54, 1.807) is 17.9 Å². The van der Waals surface area contributed by atoms with Crippen LogP contribution in [0.5, 0.6) is 0 Å². The summed E-state index contributed by atoms with van der Waals surface area (Å²) in [6.45, 7) is 8.61. The van der Waals surface area contributed by atoms with Crippen molar-refractivity contribution in [1.29, 1.82) is 0 Å². The summed E-state index contributed by atoms with van der Waals surface area (Å²) in [6, 6.07) is 1.78. The van der Waals surface area contributed by atoms with E-state index in [0.717, 1.165) is 5.69 Å². The number of halogens is 1. The van der Waals surface area contributed by atoms with Crippen LogP contribution >= 0.6 is 11.6 Å². The number of nitrogens with zero attached hydrogens (tertiary/aromatic N) is 3. The summed E-state index contributed by atoms with van der Waals surface area (Å²) in [5.41, 5.74) is 1.59. The smallest absolute Gasteiger partial charge is 0.256 e. The predicted molar refractivity (Wildman–Crippen MR) is 77.1 cm³/mol. The number of aromatic nitrogens is 2. The lowest BCUT2D eigenvalue weighted by molar-refractivity contribution is -0.117. The summed E-state index contributed by atoms with van der Waals surface area (Å²) in [7, 11) is 0. The third-order valence-electron chi connectivity index (χ3n) is 3.27. The minimum absolute atomic E-state index is 0.0352. The SMILES string of the molecule is Cc1cc(C(=O)N2CC(CCl)OC(C)(C)C2)c(C)nn1. The van der Waals surface area contributed by atoms with Crippen LogP contribution in [-0.2, 0) is 4.74 Å². The molecule has 2 rings (SSSR count). The first-order chi connectivity index (χ1) is 9.32. The fourth-order valence-electron chi connectivity index (χ4n) is 2.47. The van der Waals surface area contributed by atoms with Gasteiger partial charge in [0.1, 0.15) is 0 Å². The van der Waals surface area contributed by atoms with Gasteiger partial charge in [-0.05, 0) is 33.8 Å². The molecule has 2 heterocycles. The maximum Gasteiger partial charge on any atom is 0.256 e. The molecule has 1 unspecified atom stereocenters. The number of hydrogen-bond acceptors (Lipinski definition) is 4. The van der Waals surface area contributed by atoms with E-state index in [9.17, 15) is 4.79 Å². The molecule has 1 aliphatic rings. The Balaban J connectivity index is 2.25. The average Bonchev–Trinajstić information content (AvgIpc) is 2.38. The molecule has 20 heavy (non-hydrogen) atoms. The predicted octanol–water partition coefficient (Wildman–Crippen LogP) is 1.95. The van der Waals surface area contributed by atoms with E-state index in [-0.39, 0.29) is 12.0 Å². The number of hydrogen-bond donors (Lipinski definition) is 0. The fraction of sp³-hybridized carbons (Fsp3) is 0.643. The summed E-state index contributed by atoms with van der Waals surface area (Å²) in [4.78, 5) is 14.5. The number of carbonyl (C=O) groups excluding carboxylic acids is 1. The summed E-state index contributed by atoms with van der Waals surface area (Å²) in [5, 5.41) is 7.98. The molecule has 6 heteroatoms. The van der Waals surface area contributed by atoms with Crippen LogP contribution in [0.25, 0.3) is 0 Å². The van der Waals surface area contributed by atoms with Gasteiger partial charge < -0.3 is 9.64 Å². The van der Waals surface area contributed by atoms with Crippen molar-refractivity contribution in [1.82, 2.24) is 15.1 Å². The van der Waals surface area contributed by atoms with E-state index >= 15 is 0 Å². The average molecular weight is 298 g/mol. The molecule has 0 N–H and O–H groups in total. The van der Waals surface area contributed by atoms with E-state index in [4.69, 9.17) is 16.3 Å². The van der Waals surface area contributed by atoms with Gasteiger partial charge in [-0.15, -0.1) is 11.6 Å². The molecule has 1 fully saturated rings. The Kier molecular flexibility index (Phi) is 4.30. The number of alkyl halides is 1. The number of morpholine rings is 1. The van der Waals surface area contributed by atoms with Crippen LogP contribution in [0.3, 0.4) is 0 Å². The third-order valence-corrected chi connectivity index (χ3v) is 3.62. The van der Waals surface area contributed by atoms with E-state index in [1.807, 2.05) is 20.8 Å². The Morgan fingerprint density at radius 1 is 1.50 bits per heavy atom. The largest absolute Gasteiger partial charge is 0.367 e. The molecule has 5 nitrogen and oxygen atoms in total. The lowest BCUT2D eigenvalue weighted by Gasteiger charge is -2.42. The molecule has 1 amide bonds. The second kappa shape index (κ2) is 5.66. The van der Waals surface area contributed by atoms with Crippen molar-refractivity contribution in [2.45, 2.75) is 39.4 Å². The normalized spacial score (nSPS) is 21.9. The van der Waals surface area contributed by atoms with Gasteiger partial charge in [-0.1, -0.05) is 0 Å². The zero-order valence-electron chi connectivity index (χ0n) is 12.3. The molecule has 0 spiro atoms. The van der Waals surface area contributed by atoms with Gasteiger partial charge in [-0.25, -0.2) is 0 Å². The summed E-state index contributed by atoms with van der Waals surface area (Å²) in [5.74, 6) is 0.340. The van der Waals surface area contributed by atoms with Gasteiger partial charge in [0, 0.05) is 13.1 Å². The lowest BCUT2D eigenvalue weighted by atomic mass is 10.0. The van der Waals surface area contributed by atoms with Crippen molar-refractivity contribution < 1.29 is 9.53 Å². The van der Waals surface area contributed by atoms with Crippen molar-refractivity contribution in [3.05, 3.63) is 23.0 Å². The van der Waals surface area contributed by atoms with E-state index in [2.05, 4.69) is 10.2 Å². The molecule has 1 aliphatic heterocycles. The standard InChI is InChI=1S/C14H20ClN3O2/c1-9-5-12(10(2)17-16-9)13(19)18-7-11(6-15)20-14(3,4)8-18/h5,11H,6-8H2,1-4H3. The maximum absolute atomic E-state index is 12.7. The van der Waals surface area contributed by atoms with Gasteiger partial charge in [-0.3, -0.25) is 4.79 Å². The first kappa shape index (κ1) is 15.2. The molecule has 1 aromatic rings. The van der Waals surface area contributed by atoms with Gasteiger partial charge in [0.05, 0.1) is 34.5 Å². The maximum atomic E-state index is 12.7. The summed E-state index contributed by atoms with van der Waals surface area (Å²) < 4.78 is 5.84. The highest BCUT2D eigenvalue weighted by atomic mass is 35.5. The Morgan fingerprint density at radius 2 is 2.20 bits per heavy atom.